The molecule has 1 saturated heterocycles. The number of rotatable bonds is 2. The highest BCUT2D eigenvalue weighted by Gasteiger charge is 2.37. The van der Waals surface area contributed by atoms with E-state index in [1.165, 1.54) is 25.7 Å². The Hall–Kier alpha value is -1.02. The lowest BCUT2D eigenvalue weighted by Crippen LogP contribution is -2.50. The Labute approximate surface area is 126 Å². The first-order valence-corrected chi connectivity index (χ1v) is 8.20. The topological polar surface area (TPSA) is 20.3 Å². The lowest BCUT2D eigenvalue weighted by molar-refractivity contribution is -0.137. The summed E-state index contributed by atoms with van der Waals surface area (Å²) >= 11 is 6.43. The van der Waals surface area contributed by atoms with Crippen molar-refractivity contribution in [1.82, 2.24) is 4.90 Å². The van der Waals surface area contributed by atoms with Crippen molar-refractivity contribution in [3.05, 3.63) is 35.9 Å². The van der Waals surface area contributed by atoms with Crippen molar-refractivity contribution in [3.8, 4) is 0 Å². The highest BCUT2D eigenvalue weighted by atomic mass is 35.5. The molecule has 20 heavy (non-hydrogen) atoms. The summed E-state index contributed by atoms with van der Waals surface area (Å²) in [6.07, 6.45) is 7.44. The molecule has 1 saturated carbocycles. The van der Waals surface area contributed by atoms with E-state index in [-0.39, 0.29) is 5.91 Å². The van der Waals surface area contributed by atoms with Crippen LogP contribution in [0.4, 0.5) is 0 Å². The maximum absolute atomic E-state index is 12.7. The molecule has 1 heterocycles. The molecule has 0 N–H and O–H groups in total. The zero-order valence-electron chi connectivity index (χ0n) is 11.8. The van der Waals surface area contributed by atoms with Crippen LogP contribution in [0, 0.1) is 5.92 Å². The van der Waals surface area contributed by atoms with E-state index in [1.807, 2.05) is 30.3 Å². The predicted molar refractivity (Wildman–Crippen MR) is 81.7 cm³/mol. The summed E-state index contributed by atoms with van der Waals surface area (Å²) < 4.78 is 0. The number of hydrogen-bond acceptors (Lipinski definition) is 1. The fraction of sp³-hybridized carbons (Fsp3) is 0.588. The van der Waals surface area contributed by atoms with Crippen LogP contribution in [0.1, 0.15) is 49.5 Å². The molecule has 2 nitrogen and oxygen atoms in total. The van der Waals surface area contributed by atoms with Crippen LogP contribution in [0.3, 0.4) is 0 Å². The van der Waals surface area contributed by atoms with Crippen molar-refractivity contribution in [2.45, 2.75) is 49.9 Å². The van der Waals surface area contributed by atoms with E-state index in [0.29, 0.717) is 12.0 Å². The van der Waals surface area contributed by atoms with Gasteiger partial charge in [-0.15, -0.1) is 11.6 Å². The van der Waals surface area contributed by atoms with E-state index >= 15 is 0 Å². The van der Waals surface area contributed by atoms with Gasteiger partial charge in [-0.05, 0) is 37.2 Å². The fourth-order valence-corrected chi connectivity index (χ4v) is 4.08. The second-order valence-corrected chi connectivity index (χ2v) is 6.50. The van der Waals surface area contributed by atoms with Gasteiger partial charge in [-0.1, -0.05) is 43.2 Å². The first kappa shape index (κ1) is 13.9. The average molecular weight is 292 g/mol. The third kappa shape index (κ3) is 2.71. The molecule has 3 heteroatoms. The van der Waals surface area contributed by atoms with Crippen LogP contribution >= 0.6 is 11.6 Å². The van der Waals surface area contributed by atoms with Crippen molar-refractivity contribution in [1.29, 1.82) is 0 Å². The zero-order valence-corrected chi connectivity index (χ0v) is 12.6. The molecule has 3 atom stereocenters. The number of carbonyl (C=O) groups excluding carboxylic acids is 1. The average Bonchev–Trinajstić information content (AvgIpc) is 2.54. The number of carbonyl (C=O) groups is 1. The number of amides is 1. The third-order valence-corrected chi connectivity index (χ3v) is 5.27. The number of nitrogens with zero attached hydrogens (tertiary/aromatic N) is 1. The molecule has 2 aliphatic rings. The number of benzene rings is 1. The molecule has 108 valence electrons. The quantitative estimate of drug-likeness (QED) is 0.750. The summed E-state index contributed by atoms with van der Waals surface area (Å²) in [5.41, 5.74) is 0.914. The first-order chi connectivity index (χ1) is 9.77. The van der Waals surface area contributed by atoms with Crippen LogP contribution in [0.5, 0.6) is 0 Å². The van der Waals surface area contributed by atoms with Gasteiger partial charge in [0.2, 0.25) is 5.91 Å². The van der Waals surface area contributed by atoms with Gasteiger partial charge < -0.3 is 4.90 Å². The summed E-state index contributed by atoms with van der Waals surface area (Å²) in [7, 11) is 0. The standard InChI is InChI=1S/C17H22ClNO/c18-16(14-8-2-1-3-9-14)17(20)19-12-6-10-13-7-4-5-11-15(13)19/h1-3,8-9,13,15-16H,4-7,10-12H2. The van der Waals surface area contributed by atoms with Gasteiger partial charge in [-0.2, -0.15) is 0 Å². The molecule has 1 aliphatic heterocycles. The van der Waals surface area contributed by atoms with Crippen molar-refractivity contribution >= 4 is 17.5 Å². The molecule has 1 aromatic rings. The number of piperidine rings is 1. The monoisotopic (exact) mass is 291 g/mol. The van der Waals surface area contributed by atoms with E-state index in [0.717, 1.165) is 24.9 Å². The highest BCUT2D eigenvalue weighted by Crippen LogP contribution is 2.37. The minimum atomic E-state index is -0.531. The van der Waals surface area contributed by atoms with Crippen molar-refractivity contribution < 1.29 is 4.79 Å². The fourth-order valence-electron chi connectivity index (χ4n) is 3.81. The van der Waals surface area contributed by atoms with Gasteiger partial charge in [0.15, 0.2) is 0 Å². The normalized spacial score (nSPS) is 27.8. The van der Waals surface area contributed by atoms with Gasteiger partial charge in [0.1, 0.15) is 5.38 Å². The number of likely N-dealkylation sites (tertiary alicyclic amines) is 1. The van der Waals surface area contributed by atoms with E-state index < -0.39 is 5.38 Å². The summed E-state index contributed by atoms with van der Waals surface area (Å²) in [6, 6.07) is 10.2. The summed E-state index contributed by atoms with van der Waals surface area (Å²) in [5, 5.41) is -0.531. The molecule has 1 aliphatic carbocycles. The Morgan fingerprint density at radius 2 is 1.80 bits per heavy atom. The molecule has 1 amide bonds. The van der Waals surface area contributed by atoms with Crippen molar-refractivity contribution in [2.24, 2.45) is 5.92 Å². The Morgan fingerprint density at radius 1 is 1.10 bits per heavy atom. The third-order valence-electron chi connectivity index (χ3n) is 4.84. The predicted octanol–water partition coefficient (Wildman–Crippen LogP) is 4.15. The van der Waals surface area contributed by atoms with Gasteiger partial charge in [0.05, 0.1) is 0 Å². The Kier molecular flexibility index (Phi) is 4.30. The van der Waals surface area contributed by atoms with Crippen LogP contribution in [0.2, 0.25) is 0 Å². The molecule has 0 spiro atoms. The molecular weight excluding hydrogens is 270 g/mol. The number of fused-ring (bicyclic) bond motifs is 1. The van der Waals surface area contributed by atoms with Gasteiger partial charge in [-0.25, -0.2) is 0 Å². The molecule has 3 rings (SSSR count). The summed E-state index contributed by atoms with van der Waals surface area (Å²) in [6.45, 7) is 0.885. The Bertz CT molecular complexity index is 459. The number of hydrogen-bond donors (Lipinski definition) is 0. The van der Waals surface area contributed by atoms with Gasteiger partial charge >= 0.3 is 0 Å². The Morgan fingerprint density at radius 3 is 2.60 bits per heavy atom. The van der Waals surface area contributed by atoms with Crippen LogP contribution in [-0.4, -0.2) is 23.4 Å². The lowest BCUT2D eigenvalue weighted by atomic mass is 9.78. The molecule has 2 fully saturated rings. The molecule has 0 radical (unpaired) electrons. The van der Waals surface area contributed by atoms with Crippen molar-refractivity contribution in [3.63, 3.8) is 0 Å². The van der Waals surface area contributed by atoms with Gasteiger partial charge in [0, 0.05) is 12.6 Å². The minimum absolute atomic E-state index is 0.106. The summed E-state index contributed by atoms with van der Waals surface area (Å²) in [4.78, 5) is 14.8. The van der Waals surface area contributed by atoms with E-state index in [9.17, 15) is 4.79 Å². The molecule has 3 unspecified atom stereocenters. The zero-order chi connectivity index (χ0) is 13.9. The lowest BCUT2D eigenvalue weighted by Gasteiger charge is -2.44. The van der Waals surface area contributed by atoms with Crippen LogP contribution in [-0.2, 0) is 4.79 Å². The molecule has 1 aromatic carbocycles. The summed E-state index contributed by atoms with van der Waals surface area (Å²) in [5.74, 6) is 0.815. The highest BCUT2D eigenvalue weighted by molar-refractivity contribution is 6.30. The molecule has 0 aromatic heterocycles. The van der Waals surface area contributed by atoms with Crippen LogP contribution < -0.4 is 0 Å². The second-order valence-electron chi connectivity index (χ2n) is 6.06. The van der Waals surface area contributed by atoms with Gasteiger partial charge in [-0.3, -0.25) is 4.79 Å². The Balaban J connectivity index is 1.75. The van der Waals surface area contributed by atoms with E-state index in [4.69, 9.17) is 11.6 Å². The van der Waals surface area contributed by atoms with Gasteiger partial charge in [0.25, 0.3) is 0 Å². The molecule has 0 bridgehead atoms. The number of alkyl halides is 1. The van der Waals surface area contributed by atoms with Crippen molar-refractivity contribution in [2.75, 3.05) is 6.54 Å². The number of halogens is 1. The molecular formula is C17H22ClNO. The van der Waals surface area contributed by atoms with Crippen LogP contribution in [0.25, 0.3) is 0 Å². The van der Waals surface area contributed by atoms with Crippen LogP contribution in [0.15, 0.2) is 30.3 Å². The largest absolute Gasteiger partial charge is 0.338 e. The maximum atomic E-state index is 12.7. The maximum Gasteiger partial charge on any atom is 0.245 e. The smallest absolute Gasteiger partial charge is 0.245 e. The second kappa shape index (κ2) is 6.17. The van der Waals surface area contributed by atoms with E-state index in [2.05, 4.69) is 4.90 Å². The minimum Gasteiger partial charge on any atom is -0.338 e. The van der Waals surface area contributed by atoms with E-state index in [1.54, 1.807) is 0 Å². The SMILES string of the molecule is O=C(C(Cl)c1ccccc1)N1CCCC2CCCCC21. The first-order valence-electron chi connectivity index (χ1n) is 7.77.